The van der Waals surface area contributed by atoms with Gasteiger partial charge in [-0.05, 0) is 24.3 Å². The highest BCUT2D eigenvalue weighted by molar-refractivity contribution is 6.03. The highest BCUT2D eigenvalue weighted by atomic mass is 16.1. The van der Waals surface area contributed by atoms with Gasteiger partial charge in [-0.25, -0.2) is 0 Å². The van der Waals surface area contributed by atoms with Crippen LogP contribution in [-0.4, -0.2) is 27.0 Å². The molecule has 7 heteroatoms. The van der Waals surface area contributed by atoms with Crippen molar-refractivity contribution in [1.29, 1.82) is 0 Å². The van der Waals surface area contributed by atoms with E-state index >= 15 is 0 Å². The highest BCUT2D eigenvalue weighted by Crippen LogP contribution is 2.54. The Labute approximate surface area is 137 Å². The number of fused-ring (bicyclic) bond motifs is 1. The summed E-state index contributed by atoms with van der Waals surface area (Å²) in [6.45, 7) is 0. The number of rotatable bonds is 3. The van der Waals surface area contributed by atoms with Crippen LogP contribution in [-0.2, 0) is 5.41 Å². The fourth-order valence-corrected chi connectivity index (χ4v) is 3.22. The van der Waals surface area contributed by atoms with E-state index < -0.39 is 5.91 Å². The van der Waals surface area contributed by atoms with E-state index in [0.717, 1.165) is 35.0 Å². The van der Waals surface area contributed by atoms with Crippen molar-refractivity contribution >= 4 is 22.6 Å². The van der Waals surface area contributed by atoms with Gasteiger partial charge in [0.15, 0.2) is 5.96 Å². The van der Waals surface area contributed by atoms with Gasteiger partial charge >= 0.3 is 0 Å². The Hall–Kier alpha value is -3.22. The number of nitrogens with two attached hydrogens (primary N) is 2. The number of pyridine rings is 1. The lowest BCUT2D eigenvalue weighted by atomic mass is 9.91. The van der Waals surface area contributed by atoms with Crippen LogP contribution in [0.15, 0.2) is 47.7 Å². The van der Waals surface area contributed by atoms with Crippen molar-refractivity contribution in [3.63, 3.8) is 0 Å². The number of guanidine groups is 1. The van der Waals surface area contributed by atoms with Gasteiger partial charge in [-0.1, -0.05) is 24.3 Å². The van der Waals surface area contributed by atoms with E-state index in [1.54, 1.807) is 6.20 Å². The molecule has 5 N–H and O–H groups in total. The van der Waals surface area contributed by atoms with E-state index in [1.165, 1.54) is 6.20 Å². The van der Waals surface area contributed by atoms with Gasteiger partial charge in [0.2, 0.25) is 0 Å². The number of aromatic nitrogens is 3. The van der Waals surface area contributed by atoms with Crippen molar-refractivity contribution in [2.75, 3.05) is 0 Å². The molecule has 3 aromatic rings. The molecule has 0 bridgehead atoms. The third-order valence-corrected chi connectivity index (χ3v) is 4.46. The Morgan fingerprint density at radius 2 is 2.00 bits per heavy atom. The molecule has 0 atom stereocenters. The van der Waals surface area contributed by atoms with Crippen LogP contribution >= 0.6 is 0 Å². The first-order valence-electron chi connectivity index (χ1n) is 7.64. The highest BCUT2D eigenvalue weighted by Gasteiger charge is 2.51. The van der Waals surface area contributed by atoms with E-state index in [4.69, 9.17) is 11.5 Å². The van der Waals surface area contributed by atoms with Crippen LogP contribution in [0.4, 0.5) is 0 Å². The summed E-state index contributed by atoms with van der Waals surface area (Å²) in [5, 5.41) is 9.19. The molecule has 1 fully saturated rings. The van der Waals surface area contributed by atoms with Crippen LogP contribution in [0.25, 0.3) is 10.8 Å². The maximum absolute atomic E-state index is 12.3. The number of aromatic amines is 1. The fraction of sp³-hybridized carbons (Fsp3) is 0.176. The van der Waals surface area contributed by atoms with Gasteiger partial charge in [-0.2, -0.15) is 10.1 Å². The summed E-state index contributed by atoms with van der Waals surface area (Å²) in [4.78, 5) is 20.5. The van der Waals surface area contributed by atoms with Gasteiger partial charge in [0.1, 0.15) is 0 Å². The maximum atomic E-state index is 12.3. The molecule has 1 aromatic carbocycles. The average molecular weight is 320 g/mol. The van der Waals surface area contributed by atoms with Gasteiger partial charge in [0.05, 0.1) is 28.6 Å². The lowest BCUT2D eigenvalue weighted by Gasteiger charge is -2.16. The summed E-state index contributed by atoms with van der Waals surface area (Å²) in [6.07, 6.45) is 5.04. The van der Waals surface area contributed by atoms with Crippen molar-refractivity contribution in [3.8, 4) is 0 Å². The van der Waals surface area contributed by atoms with Crippen LogP contribution < -0.4 is 11.5 Å². The number of nitrogens with one attached hydrogen (secondary N) is 1. The molecule has 0 aliphatic heterocycles. The predicted octanol–water partition coefficient (Wildman–Crippen LogP) is 1.45. The molecule has 24 heavy (non-hydrogen) atoms. The van der Waals surface area contributed by atoms with E-state index in [1.807, 2.05) is 24.3 Å². The second-order valence-corrected chi connectivity index (χ2v) is 5.96. The van der Waals surface area contributed by atoms with E-state index in [9.17, 15) is 4.79 Å². The molecule has 0 saturated heterocycles. The SMILES string of the molecule is NC(N)=NC(=O)c1cn[nH]c1C1(c2nccc3ccccc23)CC1. The van der Waals surface area contributed by atoms with Gasteiger partial charge in [0.25, 0.3) is 5.91 Å². The molecule has 2 aromatic heterocycles. The Morgan fingerprint density at radius 1 is 1.21 bits per heavy atom. The zero-order chi connectivity index (χ0) is 16.7. The minimum absolute atomic E-state index is 0.264. The number of amides is 1. The van der Waals surface area contributed by atoms with Crippen molar-refractivity contribution < 1.29 is 4.79 Å². The smallest absolute Gasteiger partial charge is 0.283 e. The Kier molecular flexibility index (Phi) is 3.09. The second-order valence-electron chi connectivity index (χ2n) is 5.96. The molecule has 1 amide bonds. The topological polar surface area (TPSA) is 123 Å². The molecule has 7 nitrogen and oxygen atoms in total. The Morgan fingerprint density at radius 3 is 2.75 bits per heavy atom. The summed E-state index contributed by atoms with van der Waals surface area (Å²) in [5.74, 6) is -0.759. The molecule has 1 aliphatic rings. The van der Waals surface area contributed by atoms with E-state index in [0.29, 0.717) is 5.56 Å². The van der Waals surface area contributed by atoms with Crippen LogP contribution in [0.1, 0.15) is 34.6 Å². The number of hydrogen-bond acceptors (Lipinski definition) is 3. The van der Waals surface area contributed by atoms with Gasteiger partial charge < -0.3 is 11.5 Å². The molecule has 0 unspecified atom stereocenters. The van der Waals surface area contributed by atoms with Crippen LogP contribution in [0.3, 0.4) is 0 Å². The number of hydrogen-bond donors (Lipinski definition) is 3. The van der Waals surface area contributed by atoms with Crippen LogP contribution in [0.5, 0.6) is 0 Å². The quantitative estimate of drug-likeness (QED) is 0.498. The van der Waals surface area contributed by atoms with E-state index in [2.05, 4.69) is 26.2 Å². The van der Waals surface area contributed by atoms with Crippen molar-refractivity contribution in [1.82, 2.24) is 15.2 Å². The Bertz CT molecular complexity index is 961. The third-order valence-electron chi connectivity index (χ3n) is 4.46. The summed E-state index contributed by atoms with van der Waals surface area (Å²) < 4.78 is 0. The molecule has 4 rings (SSSR count). The lowest BCUT2D eigenvalue weighted by Crippen LogP contribution is -2.25. The monoisotopic (exact) mass is 320 g/mol. The number of aliphatic imine (C=N–C) groups is 1. The number of benzene rings is 1. The number of H-pyrrole nitrogens is 1. The lowest BCUT2D eigenvalue weighted by molar-refractivity contribution is 0.100. The number of carbonyl (C=O) groups is 1. The number of carbonyl (C=O) groups excluding carboxylic acids is 1. The summed E-state index contributed by atoms with van der Waals surface area (Å²) in [6, 6.07) is 10.1. The molecule has 1 saturated carbocycles. The molecule has 120 valence electrons. The van der Waals surface area contributed by atoms with Gasteiger partial charge in [0, 0.05) is 11.6 Å². The zero-order valence-electron chi connectivity index (χ0n) is 12.9. The first-order valence-corrected chi connectivity index (χ1v) is 7.64. The third kappa shape index (κ3) is 2.13. The molecule has 2 heterocycles. The zero-order valence-corrected chi connectivity index (χ0v) is 12.9. The first-order chi connectivity index (χ1) is 11.6. The van der Waals surface area contributed by atoms with Crippen molar-refractivity contribution in [2.45, 2.75) is 18.3 Å². The summed E-state index contributed by atoms with van der Waals surface area (Å²) >= 11 is 0. The van der Waals surface area contributed by atoms with Crippen molar-refractivity contribution in [3.05, 3.63) is 59.7 Å². The van der Waals surface area contributed by atoms with Crippen molar-refractivity contribution in [2.24, 2.45) is 16.5 Å². The normalized spacial score (nSPS) is 15.2. The molecule has 0 spiro atoms. The first kappa shape index (κ1) is 14.4. The molecule has 0 radical (unpaired) electrons. The minimum atomic E-state index is -0.495. The standard InChI is InChI=1S/C17H16N6O/c18-16(19)22-15(24)12-9-21-23-14(12)17(6-7-17)13-11-4-2-1-3-10(11)5-8-20-13/h1-5,8-9H,6-7H2,(H,21,23)(H4,18,19,22,24). The maximum Gasteiger partial charge on any atom is 0.283 e. The average Bonchev–Trinajstić information content (AvgIpc) is 3.22. The second kappa shape index (κ2) is 5.16. The number of nitrogens with zero attached hydrogens (tertiary/aromatic N) is 3. The van der Waals surface area contributed by atoms with Crippen LogP contribution in [0.2, 0.25) is 0 Å². The molecule has 1 aliphatic carbocycles. The van der Waals surface area contributed by atoms with Gasteiger partial charge in [-0.15, -0.1) is 0 Å². The molecular weight excluding hydrogens is 304 g/mol. The van der Waals surface area contributed by atoms with Gasteiger partial charge in [-0.3, -0.25) is 14.9 Å². The predicted molar refractivity (Wildman–Crippen MR) is 90.5 cm³/mol. The summed E-state index contributed by atoms with van der Waals surface area (Å²) in [5.41, 5.74) is 12.4. The largest absolute Gasteiger partial charge is 0.370 e. The molecular formula is C17H16N6O. The Balaban J connectivity index is 1.87. The van der Waals surface area contributed by atoms with Crippen LogP contribution in [0, 0.1) is 0 Å². The fourth-order valence-electron chi connectivity index (χ4n) is 3.22. The minimum Gasteiger partial charge on any atom is -0.370 e. The van der Waals surface area contributed by atoms with E-state index in [-0.39, 0.29) is 11.4 Å². The summed E-state index contributed by atoms with van der Waals surface area (Å²) in [7, 11) is 0.